The predicted molar refractivity (Wildman–Crippen MR) is 80.8 cm³/mol. The van der Waals surface area contributed by atoms with Gasteiger partial charge in [-0.1, -0.05) is 12.1 Å². The summed E-state index contributed by atoms with van der Waals surface area (Å²) >= 11 is 0. The summed E-state index contributed by atoms with van der Waals surface area (Å²) in [7, 11) is -3.58. The second kappa shape index (κ2) is 5.46. The van der Waals surface area contributed by atoms with Gasteiger partial charge in [0.05, 0.1) is 5.69 Å². The molecule has 1 saturated carbocycles. The molecule has 0 amide bonds. The van der Waals surface area contributed by atoms with Crippen molar-refractivity contribution < 1.29 is 8.42 Å². The summed E-state index contributed by atoms with van der Waals surface area (Å²) in [6.07, 6.45) is 5.14. The number of benzene rings is 1. The third kappa shape index (κ3) is 2.91. The van der Waals surface area contributed by atoms with Gasteiger partial charge in [0.1, 0.15) is 4.90 Å². The van der Waals surface area contributed by atoms with Crippen LogP contribution in [-0.2, 0) is 16.6 Å². The SMILES string of the molecule is Nc1ccccc1S(=O)(=O)N(Cc1ccncc1)C1CC1. The van der Waals surface area contributed by atoms with Crippen LogP contribution >= 0.6 is 0 Å². The first kappa shape index (κ1) is 14.0. The van der Waals surface area contributed by atoms with Crippen molar-refractivity contribution in [1.82, 2.24) is 9.29 Å². The summed E-state index contributed by atoms with van der Waals surface area (Å²) in [6, 6.07) is 10.3. The van der Waals surface area contributed by atoms with Gasteiger partial charge in [-0.2, -0.15) is 4.31 Å². The lowest BCUT2D eigenvalue weighted by molar-refractivity contribution is 0.399. The van der Waals surface area contributed by atoms with Crippen LogP contribution in [0.15, 0.2) is 53.7 Å². The van der Waals surface area contributed by atoms with Gasteiger partial charge in [0.25, 0.3) is 0 Å². The fourth-order valence-corrected chi connectivity index (χ4v) is 4.07. The zero-order valence-corrected chi connectivity index (χ0v) is 12.3. The lowest BCUT2D eigenvalue weighted by Gasteiger charge is -2.22. The monoisotopic (exact) mass is 303 g/mol. The second-order valence-electron chi connectivity index (χ2n) is 5.17. The van der Waals surface area contributed by atoms with Gasteiger partial charge in [-0.05, 0) is 42.7 Å². The summed E-state index contributed by atoms with van der Waals surface area (Å²) < 4.78 is 27.3. The van der Waals surface area contributed by atoms with E-state index < -0.39 is 10.0 Å². The molecule has 0 atom stereocenters. The van der Waals surface area contributed by atoms with Crippen molar-refractivity contribution in [2.45, 2.75) is 30.3 Å². The summed E-state index contributed by atoms with van der Waals surface area (Å²) in [6.45, 7) is 0.351. The zero-order valence-electron chi connectivity index (χ0n) is 11.5. The number of sulfonamides is 1. The van der Waals surface area contributed by atoms with Gasteiger partial charge in [-0.15, -0.1) is 0 Å². The van der Waals surface area contributed by atoms with E-state index in [-0.39, 0.29) is 16.6 Å². The lowest BCUT2D eigenvalue weighted by atomic mass is 10.3. The van der Waals surface area contributed by atoms with Crippen molar-refractivity contribution in [2.75, 3.05) is 5.73 Å². The quantitative estimate of drug-likeness (QED) is 0.857. The minimum Gasteiger partial charge on any atom is -0.398 e. The maximum absolute atomic E-state index is 12.9. The number of aromatic nitrogens is 1. The number of hydrogen-bond acceptors (Lipinski definition) is 4. The molecule has 3 rings (SSSR count). The molecule has 0 radical (unpaired) electrons. The van der Waals surface area contributed by atoms with E-state index in [1.54, 1.807) is 41.0 Å². The zero-order chi connectivity index (χ0) is 14.9. The molecule has 0 aliphatic heterocycles. The van der Waals surface area contributed by atoms with Crippen molar-refractivity contribution in [1.29, 1.82) is 0 Å². The molecular weight excluding hydrogens is 286 g/mol. The van der Waals surface area contributed by atoms with Crippen molar-refractivity contribution in [3.8, 4) is 0 Å². The minimum absolute atomic E-state index is 0.0720. The molecule has 5 nitrogen and oxygen atoms in total. The second-order valence-corrected chi connectivity index (χ2v) is 7.03. The van der Waals surface area contributed by atoms with Gasteiger partial charge in [0.15, 0.2) is 0 Å². The fourth-order valence-electron chi connectivity index (χ4n) is 2.28. The molecule has 110 valence electrons. The molecule has 1 aromatic carbocycles. The van der Waals surface area contributed by atoms with Crippen LogP contribution in [0.2, 0.25) is 0 Å². The third-order valence-electron chi connectivity index (χ3n) is 3.55. The Morgan fingerprint density at radius 2 is 1.81 bits per heavy atom. The van der Waals surface area contributed by atoms with Crippen LogP contribution in [0.25, 0.3) is 0 Å². The molecule has 21 heavy (non-hydrogen) atoms. The number of nitrogen functional groups attached to an aromatic ring is 1. The molecule has 0 saturated heterocycles. The Labute approximate surface area is 124 Å². The molecule has 1 fully saturated rings. The molecular formula is C15H17N3O2S. The van der Waals surface area contributed by atoms with E-state index in [4.69, 9.17) is 5.73 Å². The van der Waals surface area contributed by atoms with Gasteiger partial charge in [0.2, 0.25) is 10.0 Å². The molecule has 1 aromatic heterocycles. The van der Waals surface area contributed by atoms with Crippen molar-refractivity contribution in [3.05, 3.63) is 54.4 Å². The molecule has 1 aliphatic carbocycles. The highest BCUT2D eigenvalue weighted by Crippen LogP contribution is 2.34. The number of anilines is 1. The van der Waals surface area contributed by atoms with Gasteiger partial charge in [0, 0.05) is 25.0 Å². The molecule has 2 aromatic rings. The largest absolute Gasteiger partial charge is 0.398 e. The highest BCUT2D eigenvalue weighted by atomic mass is 32.2. The van der Waals surface area contributed by atoms with Crippen LogP contribution in [0.5, 0.6) is 0 Å². The highest BCUT2D eigenvalue weighted by Gasteiger charge is 2.38. The normalized spacial score (nSPS) is 15.3. The van der Waals surface area contributed by atoms with Crippen molar-refractivity contribution in [2.24, 2.45) is 0 Å². The summed E-state index contributed by atoms with van der Waals surface area (Å²) in [4.78, 5) is 4.15. The summed E-state index contributed by atoms with van der Waals surface area (Å²) in [5.41, 5.74) is 7.06. The Morgan fingerprint density at radius 3 is 2.43 bits per heavy atom. The first-order chi connectivity index (χ1) is 10.1. The van der Waals surface area contributed by atoms with Crippen molar-refractivity contribution in [3.63, 3.8) is 0 Å². The number of hydrogen-bond donors (Lipinski definition) is 1. The number of rotatable bonds is 5. The third-order valence-corrected chi connectivity index (χ3v) is 5.52. The van der Waals surface area contributed by atoms with E-state index in [9.17, 15) is 8.42 Å². The number of para-hydroxylation sites is 1. The Balaban J connectivity index is 1.96. The number of nitrogens with two attached hydrogens (primary N) is 1. The van der Waals surface area contributed by atoms with Crippen LogP contribution in [0.4, 0.5) is 5.69 Å². The average Bonchev–Trinajstić information content (AvgIpc) is 3.30. The maximum Gasteiger partial charge on any atom is 0.245 e. The molecule has 2 N–H and O–H groups in total. The minimum atomic E-state index is -3.58. The van der Waals surface area contributed by atoms with Gasteiger partial charge in [-0.25, -0.2) is 8.42 Å². The Bertz CT molecular complexity index is 728. The van der Waals surface area contributed by atoms with E-state index >= 15 is 0 Å². The lowest BCUT2D eigenvalue weighted by Crippen LogP contribution is -2.33. The highest BCUT2D eigenvalue weighted by molar-refractivity contribution is 7.89. The Hall–Kier alpha value is -1.92. The number of nitrogens with zero attached hydrogens (tertiary/aromatic N) is 2. The van der Waals surface area contributed by atoms with Crippen molar-refractivity contribution >= 4 is 15.7 Å². The maximum atomic E-state index is 12.9. The van der Waals surface area contributed by atoms with Crippen LogP contribution in [0.1, 0.15) is 18.4 Å². The molecule has 1 aliphatic rings. The molecule has 0 bridgehead atoms. The van der Waals surface area contributed by atoms with Gasteiger partial charge < -0.3 is 5.73 Å². The van der Waals surface area contributed by atoms with E-state index in [2.05, 4.69) is 4.98 Å². The smallest absolute Gasteiger partial charge is 0.245 e. The Kier molecular flexibility index (Phi) is 3.65. The summed E-state index contributed by atoms with van der Waals surface area (Å²) in [5, 5.41) is 0. The average molecular weight is 303 g/mol. The molecule has 6 heteroatoms. The van der Waals surface area contributed by atoms with Gasteiger partial charge in [-0.3, -0.25) is 4.98 Å². The van der Waals surface area contributed by atoms with E-state index in [0.717, 1.165) is 18.4 Å². The van der Waals surface area contributed by atoms with E-state index in [1.807, 2.05) is 12.1 Å². The molecule has 0 spiro atoms. The first-order valence-corrected chi connectivity index (χ1v) is 8.28. The van der Waals surface area contributed by atoms with Crippen LogP contribution in [-0.4, -0.2) is 23.7 Å². The van der Waals surface area contributed by atoms with E-state index in [0.29, 0.717) is 6.54 Å². The van der Waals surface area contributed by atoms with Crippen LogP contribution in [0.3, 0.4) is 0 Å². The Morgan fingerprint density at radius 1 is 1.14 bits per heavy atom. The topological polar surface area (TPSA) is 76.3 Å². The van der Waals surface area contributed by atoms with Gasteiger partial charge >= 0.3 is 0 Å². The summed E-state index contributed by atoms with van der Waals surface area (Å²) in [5.74, 6) is 0. The van der Waals surface area contributed by atoms with Crippen LogP contribution in [0, 0.1) is 0 Å². The molecule has 0 unspecified atom stereocenters. The number of pyridine rings is 1. The fraction of sp³-hybridized carbons (Fsp3) is 0.267. The molecule has 1 heterocycles. The first-order valence-electron chi connectivity index (χ1n) is 6.84. The predicted octanol–water partition coefficient (Wildman–Crippen LogP) is 2.02. The standard InChI is InChI=1S/C15H17N3O2S/c16-14-3-1-2-4-15(14)21(19,20)18(13-5-6-13)11-12-7-9-17-10-8-12/h1-4,7-10,13H,5-6,11,16H2. The van der Waals surface area contributed by atoms with E-state index in [1.165, 1.54) is 0 Å². The van der Waals surface area contributed by atoms with Crippen LogP contribution < -0.4 is 5.73 Å².